The second kappa shape index (κ2) is 4.70. The number of nitrogens with two attached hydrogens (primary N) is 1. The molecular formula is C12H15ClFNO. The summed E-state index contributed by atoms with van der Waals surface area (Å²) >= 11 is 6.00. The molecule has 2 atom stereocenters. The zero-order valence-corrected chi connectivity index (χ0v) is 9.93. The normalized spacial score (nSPS) is 22.4. The molecule has 0 aliphatic carbocycles. The lowest BCUT2D eigenvalue weighted by molar-refractivity contribution is 0.0900. The van der Waals surface area contributed by atoms with E-state index in [1.54, 1.807) is 13.0 Å². The third kappa shape index (κ3) is 2.21. The van der Waals surface area contributed by atoms with Crippen LogP contribution in [0.3, 0.4) is 0 Å². The van der Waals surface area contributed by atoms with Crippen LogP contribution in [0.2, 0.25) is 5.02 Å². The van der Waals surface area contributed by atoms with Crippen LogP contribution in [0.15, 0.2) is 12.1 Å². The maximum Gasteiger partial charge on any atom is 0.127 e. The zero-order valence-electron chi connectivity index (χ0n) is 9.17. The van der Waals surface area contributed by atoms with Crippen LogP contribution in [0.4, 0.5) is 4.39 Å². The Labute approximate surface area is 99.5 Å². The van der Waals surface area contributed by atoms with Crippen LogP contribution >= 0.6 is 11.6 Å². The molecule has 0 aromatic heterocycles. The van der Waals surface area contributed by atoms with Gasteiger partial charge < -0.3 is 10.5 Å². The van der Waals surface area contributed by atoms with Crippen LogP contribution in [0, 0.1) is 12.7 Å². The monoisotopic (exact) mass is 243 g/mol. The Kier molecular flexibility index (Phi) is 3.47. The van der Waals surface area contributed by atoms with Crippen molar-refractivity contribution in [1.82, 2.24) is 0 Å². The van der Waals surface area contributed by atoms with Crippen LogP contribution < -0.4 is 5.73 Å². The van der Waals surface area contributed by atoms with Gasteiger partial charge in [-0.2, -0.15) is 0 Å². The maximum atomic E-state index is 13.2. The predicted molar refractivity (Wildman–Crippen MR) is 62.0 cm³/mol. The van der Waals surface area contributed by atoms with Crippen molar-refractivity contribution < 1.29 is 9.13 Å². The van der Waals surface area contributed by atoms with E-state index in [1.165, 1.54) is 6.07 Å². The SMILES string of the molecule is Cc1cc(C(N)C2CCCO2)c(Cl)cc1F. The van der Waals surface area contributed by atoms with Gasteiger partial charge in [0.2, 0.25) is 0 Å². The molecule has 1 aliphatic rings. The molecule has 4 heteroatoms. The van der Waals surface area contributed by atoms with Gasteiger partial charge in [-0.25, -0.2) is 4.39 Å². The van der Waals surface area contributed by atoms with Crippen LogP contribution in [0.5, 0.6) is 0 Å². The van der Waals surface area contributed by atoms with Crippen LogP contribution in [-0.4, -0.2) is 12.7 Å². The molecule has 2 unspecified atom stereocenters. The van der Waals surface area contributed by atoms with E-state index in [-0.39, 0.29) is 18.0 Å². The van der Waals surface area contributed by atoms with E-state index in [0.717, 1.165) is 25.0 Å². The number of hydrogen-bond donors (Lipinski definition) is 1. The standard InChI is InChI=1S/C12H15ClFNO/c1-7-5-8(9(13)6-10(7)14)12(15)11-3-2-4-16-11/h5-6,11-12H,2-4,15H2,1H3. The summed E-state index contributed by atoms with van der Waals surface area (Å²) in [7, 11) is 0. The average Bonchev–Trinajstić information content (AvgIpc) is 2.75. The maximum absolute atomic E-state index is 13.2. The lowest BCUT2D eigenvalue weighted by Gasteiger charge is -2.20. The second-order valence-corrected chi connectivity index (χ2v) is 4.61. The summed E-state index contributed by atoms with van der Waals surface area (Å²) in [5, 5.41) is 0.381. The molecule has 1 fully saturated rings. The highest BCUT2D eigenvalue weighted by Gasteiger charge is 2.26. The first-order chi connectivity index (χ1) is 7.59. The van der Waals surface area contributed by atoms with Gasteiger partial charge in [-0.1, -0.05) is 17.7 Å². The van der Waals surface area contributed by atoms with E-state index in [1.807, 2.05) is 0 Å². The first-order valence-electron chi connectivity index (χ1n) is 5.42. The molecule has 2 nitrogen and oxygen atoms in total. The highest BCUT2D eigenvalue weighted by Crippen LogP contribution is 2.31. The highest BCUT2D eigenvalue weighted by molar-refractivity contribution is 6.31. The Morgan fingerprint density at radius 1 is 1.56 bits per heavy atom. The summed E-state index contributed by atoms with van der Waals surface area (Å²) in [6.45, 7) is 2.45. The van der Waals surface area contributed by atoms with Gasteiger partial charge in [-0.15, -0.1) is 0 Å². The number of hydrogen-bond acceptors (Lipinski definition) is 2. The largest absolute Gasteiger partial charge is 0.376 e. The van der Waals surface area contributed by atoms with Gasteiger partial charge in [-0.05, 0) is 37.0 Å². The number of ether oxygens (including phenoxy) is 1. The molecule has 0 saturated carbocycles. The van der Waals surface area contributed by atoms with Crippen molar-refractivity contribution in [2.24, 2.45) is 5.73 Å². The Bertz CT molecular complexity index is 391. The molecule has 0 spiro atoms. The number of halogens is 2. The van der Waals surface area contributed by atoms with Crippen LogP contribution in [-0.2, 0) is 4.74 Å². The first-order valence-corrected chi connectivity index (χ1v) is 5.80. The van der Waals surface area contributed by atoms with Gasteiger partial charge >= 0.3 is 0 Å². The quantitative estimate of drug-likeness (QED) is 0.867. The van der Waals surface area contributed by atoms with E-state index < -0.39 is 0 Å². The van der Waals surface area contributed by atoms with Crippen molar-refractivity contribution in [3.05, 3.63) is 34.1 Å². The molecule has 2 N–H and O–H groups in total. The molecule has 16 heavy (non-hydrogen) atoms. The fraction of sp³-hybridized carbons (Fsp3) is 0.500. The Hall–Kier alpha value is -0.640. The van der Waals surface area contributed by atoms with E-state index in [4.69, 9.17) is 22.1 Å². The summed E-state index contributed by atoms with van der Waals surface area (Å²) in [5.41, 5.74) is 7.42. The zero-order chi connectivity index (χ0) is 11.7. The summed E-state index contributed by atoms with van der Waals surface area (Å²) in [5.74, 6) is -0.298. The fourth-order valence-corrected chi connectivity index (χ4v) is 2.30. The summed E-state index contributed by atoms with van der Waals surface area (Å²) in [6, 6.07) is 2.76. The minimum absolute atomic E-state index is 0.00219. The topological polar surface area (TPSA) is 35.2 Å². The van der Waals surface area contributed by atoms with Crippen LogP contribution in [0.1, 0.15) is 30.0 Å². The Morgan fingerprint density at radius 3 is 2.94 bits per heavy atom. The van der Waals surface area contributed by atoms with Crippen molar-refractivity contribution in [2.45, 2.75) is 31.9 Å². The molecule has 0 bridgehead atoms. The van der Waals surface area contributed by atoms with Crippen molar-refractivity contribution in [2.75, 3.05) is 6.61 Å². The molecule has 1 aliphatic heterocycles. The van der Waals surface area contributed by atoms with Gasteiger partial charge in [0.25, 0.3) is 0 Å². The predicted octanol–water partition coefficient (Wildman–Crippen LogP) is 2.97. The van der Waals surface area contributed by atoms with Gasteiger partial charge in [-0.3, -0.25) is 0 Å². The molecule has 2 rings (SSSR count). The minimum atomic E-state index is -0.298. The third-order valence-electron chi connectivity index (χ3n) is 3.00. The summed E-state index contributed by atoms with van der Waals surface area (Å²) in [4.78, 5) is 0. The number of aryl methyl sites for hydroxylation is 1. The third-order valence-corrected chi connectivity index (χ3v) is 3.33. The number of benzene rings is 1. The molecule has 88 valence electrons. The Morgan fingerprint density at radius 2 is 2.31 bits per heavy atom. The van der Waals surface area contributed by atoms with Crippen molar-refractivity contribution >= 4 is 11.6 Å². The van der Waals surface area contributed by atoms with E-state index in [2.05, 4.69) is 0 Å². The molecule has 1 heterocycles. The van der Waals surface area contributed by atoms with Gasteiger partial charge in [0.15, 0.2) is 0 Å². The highest BCUT2D eigenvalue weighted by atomic mass is 35.5. The van der Waals surface area contributed by atoms with Gasteiger partial charge in [0, 0.05) is 11.6 Å². The number of rotatable bonds is 2. The second-order valence-electron chi connectivity index (χ2n) is 4.20. The molecular weight excluding hydrogens is 229 g/mol. The fourth-order valence-electron chi connectivity index (χ4n) is 2.02. The molecule has 0 amide bonds. The smallest absolute Gasteiger partial charge is 0.127 e. The van der Waals surface area contributed by atoms with Crippen molar-refractivity contribution in [1.29, 1.82) is 0 Å². The lowest BCUT2D eigenvalue weighted by atomic mass is 9.98. The average molecular weight is 244 g/mol. The van der Waals surface area contributed by atoms with Crippen molar-refractivity contribution in [3.63, 3.8) is 0 Å². The lowest BCUT2D eigenvalue weighted by Crippen LogP contribution is -2.26. The minimum Gasteiger partial charge on any atom is -0.376 e. The van der Waals surface area contributed by atoms with Crippen molar-refractivity contribution in [3.8, 4) is 0 Å². The summed E-state index contributed by atoms with van der Waals surface area (Å²) in [6.07, 6.45) is 1.96. The Balaban J connectivity index is 2.28. The van der Waals surface area contributed by atoms with Crippen LogP contribution in [0.25, 0.3) is 0 Å². The van der Waals surface area contributed by atoms with E-state index >= 15 is 0 Å². The molecule has 1 aromatic rings. The molecule has 1 aromatic carbocycles. The van der Waals surface area contributed by atoms with E-state index in [9.17, 15) is 4.39 Å². The van der Waals surface area contributed by atoms with E-state index in [0.29, 0.717) is 10.6 Å². The summed E-state index contributed by atoms with van der Waals surface area (Å²) < 4.78 is 18.8. The molecule has 0 radical (unpaired) electrons. The molecule has 1 saturated heterocycles. The first kappa shape index (κ1) is 11.8. The van der Waals surface area contributed by atoms with Gasteiger partial charge in [0.1, 0.15) is 5.82 Å². The van der Waals surface area contributed by atoms with Gasteiger partial charge in [0.05, 0.1) is 12.1 Å².